The average molecular weight is 250 g/mol. The van der Waals surface area contributed by atoms with E-state index in [1.54, 1.807) is 6.92 Å². The summed E-state index contributed by atoms with van der Waals surface area (Å²) in [6, 6.07) is 5.93. The summed E-state index contributed by atoms with van der Waals surface area (Å²) >= 11 is 0. The molecule has 4 heteroatoms. The maximum Gasteiger partial charge on any atom is 0.260 e. The number of aryl methyl sites for hydroxylation is 1. The fraction of sp³-hybridized carbons (Fsp3) is 0.500. The zero-order valence-corrected chi connectivity index (χ0v) is 11.3. The van der Waals surface area contributed by atoms with Crippen molar-refractivity contribution in [3.8, 4) is 5.75 Å². The largest absolute Gasteiger partial charge is 0.480 e. The molecule has 100 valence electrons. The molecule has 1 amide bonds. The molecule has 3 N–H and O–H groups in total. The first-order valence-electron chi connectivity index (χ1n) is 6.33. The number of hydrogen-bond acceptors (Lipinski definition) is 3. The third-order valence-electron chi connectivity index (χ3n) is 2.72. The van der Waals surface area contributed by atoms with Gasteiger partial charge in [-0.2, -0.15) is 0 Å². The molecule has 0 bridgehead atoms. The lowest BCUT2D eigenvalue weighted by Gasteiger charge is -2.18. The van der Waals surface area contributed by atoms with Crippen LogP contribution in [0.1, 0.15) is 25.0 Å². The van der Waals surface area contributed by atoms with Gasteiger partial charge in [-0.05, 0) is 44.9 Å². The number of para-hydroxylation sites is 1. The van der Waals surface area contributed by atoms with Crippen LogP contribution >= 0.6 is 0 Å². The Morgan fingerprint density at radius 2 is 2.22 bits per heavy atom. The number of carbonyl (C=O) groups is 1. The molecule has 0 heterocycles. The summed E-state index contributed by atoms with van der Waals surface area (Å²) in [5.41, 5.74) is 7.66. The van der Waals surface area contributed by atoms with E-state index in [0.717, 1.165) is 23.3 Å². The molecule has 0 fully saturated rings. The quantitative estimate of drug-likeness (QED) is 0.802. The molecule has 1 unspecified atom stereocenters. The van der Waals surface area contributed by atoms with Crippen LogP contribution in [0.5, 0.6) is 5.75 Å². The highest BCUT2D eigenvalue weighted by Gasteiger charge is 2.16. The summed E-state index contributed by atoms with van der Waals surface area (Å²) in [7, 11) is 0. The van der Waals surface area contributed by atoms with Crippen molar-refractivity contribution in [2.75, 3.05) is 13.1 Å². The Bertz CT molecular complexity index is 405. The smallest absolute Gasteiger partial charge is 0.260 e. The van der Waals surface area contributed by atoms with E-state index in [-0.39, 0.29) is 5.91 Å². The van der Waals surface area contributed by atoms with E-state index in [1.165, 1.54) is 0 Å². The van der Waals surface area contributed by atoms with Crippen LogP contribution in [0.15, 0.2) is 18.2 Å². The lowest BCUT2D eigenvalue weighted by atomic mass is 10.1. The molecular formula is C14H22N2O2. The highest BCUT2D eigenvalue weighted by molar-refractivity contribution is 5.80. The number of nitrogens with two attached hydrogens (primary N) is 1. The van der Waals surface area contributed by atoms with E-state index >= 15 is 0 Å². The van der Waals surface area contributed by atoms with Crippen molar-refractivity contribution < 1.29 is 9.53 Å². The summed E-state index contributed by atoms with van der Waals surface area (Å²) in [6.45, 7) is 6.78. The Balaban J connectivity index is 2.85. The van der Waals surface area contributed by atoms with Crippen molar-refractivity contribution in [1.82, 2.24) is 5.32 Å². The van der Waals surface area contributed by atoms with Crippen molar-refractivity contribution in [3.05, 3.63) is 29.3 Å². The number of hydrogen-bond donors (Lipinski definition) is 2. The topological polar surface area (TPSA) is 64.3 Å². The second-order valence-corrected chi connectivity index (χ2v) is 4.26. The van der Waals surface area contributed by atoms with Crippen LogP contribution in [0.4, 0.5) is 0 Å². The molecule has 1 atom stereocenters. The summed E-state index contributed by atoms with van der Waals surface area (Å²) in [4.78, 5) is 11.7. The second-order valence-electron chi connectivity index (χ2n) is 4.26. The summed E-state index contributed by atoms with van der Waals surface area (Å²) in [6.07, 6.45) is 0.252. The number of ether oxygens (including phenoxy) is 1. The van der Waals surface area contributed by atoms with Gasteiger partial charge in [-0.25, -0.2) is 0 Å². The molecule has 0 aliphatic heterocycles. The van der Waals surface area contributed by atoms with Crippen LogP contribution < -0.4 is 15.8 Å². The summed E-state index contributed by atoms with van der Waals surface area (Å²) < 4.78 is 5.78. The summed E-state index contributed by atoms with van der Waals surface area (Å²) in [5, 5.41) is 2.75. The van der Waals surface area contributed by atoms with Gasteiger partial charge in [0.2, 0.25) is 0 Å². The molecule has 1 aromatic rings. The third-order valence-corrected chi connectivity index (χ3v) is 2.72. The van der Waals surface area contributed by atoms with Gasteiger partial charge >= 0.3 is 0 Å². The van der Waals surface area contributed by atoms with Gasteiger partial charge in [0.05, 0.1) is 0 Å². The van der Waals surface area contributed by atoms with E-state index in [4.69, 9.17) is 10.5 Å². The summed E-state index contributed by atoms with van der Waals surface area (Å²) in [5.74, 6) is 0.682. The van der Waals surface area contributed by atoms with Crippen molar-refractivity contribution in [2.45, 2.75) is 33.3 Å². The monoisotopic (exact) mass is 250 g/mol. The standard InChI is InChI=1S/C14H22N2O2/c1-4-16-14(17)11(3)18-13-10(2)6-5-7-12(13)8-9-15/h5-7,11H,4,8-9,15H2,1-3H3,(H,16,17). The lowest BCUT2D eigenvalue weighted by molar-refractivity contribution is -0.127. The normalized spacial score (nSPS) is 12.0. The van der Waals surface area contributed by atoms with Crippen LogP contribution in [0.2, 0.25) is 0 Å². The molecular weight excluding hydrogens is 228 g/mol. The van der Waals surface area contributed by atoms with Crippen molar-refractivity contribution in [3.63, 3.8) is 0 Å². The van der Waals surface area contributed by atoms with Gasteiger partial charge in [-0.3, -0.25) is 4.79 Å². The molecule has 0 saturated heterocycles. The molecule has 1 aromatic carbocycles. The fourth-order valence-corrected chi connectivity index (χ4v) is 1.78. The number of carbonyl (C=O) groups excluding carboxylic acids is 1. The van der Waals surface area contributed by atoms with Crippen LogP contribution in [0, 0.1) is 6.92 Å². The molecule has 0 aromatic heterocycles. The maximum absolute atomic E-state index is 11.7. The van der Waals surface area contributed by atoms with Crippen molar-refractivity contribution >= 4 is 5.91 Å². The number of likely N-dealkylation sites (N-methyl/N-ethyl adjacent to an activating group) is 1. The first-order valence-corrected chi connectivity index (χ1v) is 6.33. The number of amides is 1. The van der Waals surface area contributed by atoms with Gasteiger partial charge in [-0.15, -0.1) is 0 Å². The van der Waals surface area contributed by atoms with E-state index in [1.807, 2.05) is 32.0 Å². The van der Waals surface area contributed by atoms with E-state index in [2.05, 4.69) is 5.32 Å². The minimum atomic E-state index is -0.498. The molecule has 0 spiro atoms. The van der Waals surface area contributed by atoms with Gasteiger partial charge in [0.15, 0.2) is 6.10 Å². The Morgan fingerprint density at radius 3 is 2.83 bits per heavy atom. The Hall–Kier alpha value is -1.55. The predicted molar refractivity (Wildman–Crippen MR) is 72.7 cm³/mol. The SMILES string of the molecule is CCNC(=O)C(C)Oc1c(C)cccc1CCN. The van der Waals surface area contributed by atoms with Gasteiger partial charge < -0.3 is 15.8 Å². The zero-order valence-electron chi connectivity index (χ0n) is 11.3. The van der Waals surface area contributed by atoms with E-state index in [9.17, 15) is 4.79 Å². The highest BCUT2D eigenvalue weighted by atomic mass is 16.5. The lowest BCUT2D eigenvalue weighted by Crippen LogP contribution is -2.36. The molecule has 0 aliphatic rings. The molecule has 0 radical (unpaired) electrons. The Labute approximate surface area is 109 Å². The Kier molecular flexibility index (Phi) is 5.65. The van der Waals surface area contributed by atoms with Crippen molar-refractivity contribution in [2.24, 2.45) is 5.73 Å². The zero-order chi connectivity index (χ0) is 13.5. The second kappa shape index (κ2) is 7.01. The van der Waals surface area contributed by atoms with Gasteiger partial charge in [0.1, 0.15) is 5.75 Å². The molecule has 18 heavy (non-hydrogen) atoms. The van der Waals surface area contributed by atoms with Crippen LogP contribution in [-0.2, 0) is 11.2 Å². The van der Waals surface area contributed by atoms with Crippen LogP contribution in [0.25, 0.3) is 0 Å². The third kappa shape index (κ3) is 3.74. The van der Waals surface area contributed by atoms with E-state index in [0.29, 0.717) is 13.1 Å². The fourth-order valence-electron chi connectivity index (χ4n) is 1.78. The highest BCUT2D eigenvalue weighted by Crippen LogP contribution is 2.24. The molecule has 4 nitrogen and oxygen atoms in total. The Morgan fingerprint density at radius 1 is 1.50 bits per heavy atom. The van der Waals surface area contributed by atoms with Gasteiger partial charge in [0.25, 0.3) is 5.91 Å². The molecule has 0 aliphatic carbocycles. The number of rotatable bonds is 6. The maximum atomic E-state index is 11.7. The molecule has 1 rings (SSSR count). The first kappa shape index (κ1) is 14.5. The average Bonchev–Trinajstić information content (AvgIpc) is 2.34. The van der Waals surface area contributed by atoms with Crippen molar-refractivity contribution in [1.29, 1.82) is 0 Å². The number of nitrogens with one attached hydrogen (secondary N) is 1. The minimum absolute atomic E-state index is 0.0977. The first-order chi connectivity index (χ1) is 8.60. The molecule has 0 saturated carbocycles. The van der Waals surface area contributed by atoms with Gasteiger partial charge in [-0.1, -0.05) is 18.2 Å². The minimum Gasteiger partial charge on any atom is -0.480 e. The van der Waals surface area contributed by atoms with Crippen LogP contribution in [0.3, 0.4) is 0 Å². The number of benzene rings is 1. The van der Waals surface area contributed by atoms with E-state index < -0.39 is 6.10 Å². The predicted octanol–water partition coefficient (Wildman–Crippen LogP) is 1.40. The van der Waals surface area contributed by atoms with Crippen LogP contribution in [-0.4, -0.2) is 25.1 Å². The van der Waals surface area contributed by atoms with Gasteiger partial charge in [0, 0.05) is 6.54 Å².